The van der Waals surface area contributed by atoms with E-state index in [9.17, 15) is 15.3 Å². The van der Waals surface area contributed by atoms with Crippen molar-refractivity contribution in [3.63, 3.8) is 0 Å². The molecule has 0 radical (unpaired) electrons. The monoisotopic (exact) mass is 283 g/mol. The molecule has 1 aliphatic rings. The first-order valence-corrected chi connectivity index (χ1v) is 6.68. The topological polar surface area (TPSA) is 102 Å². The second kappa shape index (κ2) is 6.62. The van der Waals surface area contributed by atoms with Crippen LogP contribution in [0.25, 0.3) is 0 Å². The van der Waals surface area contributed by atoms with E-state index in [1.807, 2.05) is 30.3 Å². The Hall–Kier alpha value is -1.02. The summed E-state index contributed by atoms with van der Waals surface area (Å²) in [7, 11) is 0. The summed E-state index contributed by atoms with van der Waals surface area (Å²) in [6.45, 7) is 0.212. The number of hydrogen-bond donors (Lipinski definition) is 5. The number of ether oxygens (including phenoxy) is 1. The highest BCUT2D eigenvalue weighted by Gasteiger charge is 2.52. The fourth-order valence-corrected chi connectivity index (χ4v) is 2.29. The summed E-state index contributed by atoms with van der Waals surface area (Å²) in [5.74, 6) is -2.08. The van der Waals surface area contributed by atoms with E-state index >= 15 is 0 Å². The van der Waals surface area contributed by atoms with E-state index in [1.165, 1.54) is 5.56 Å². The van der Waals surface area contributed by atoms with Gasteiger partial charge in [-0.3, -0.25) is 0 Å². The highest BCUT2D eigenvalue weighted by Crippen LogP contribution is 2.28. The van der Waals surface area contributed by atoms with Gasteiger partial charge < -0.3 is 30.5 Å². The van der Waals surface area contributed by atoms with Crippen LogP contribution in [0.15, 0.2) is 30.3 Å². The molecule has 1 fully saturated rings. The second-order valence-electron chi connectivity index (χ2n) is 5.03. The summed E-state index contributed by atoms with van der Waals surface area (Å²) >= 11 is 0. The summed E-state index contributed by atoms with van der Waals surface area (Å²) in [4.78, 5) is 0. The highest BCUT2D eigenvalue weighted by molar-refractivity contribution is 5.14. The molecule has 6 nitrogen and oxygen atoms in total. The summed E-state index contributed by atoms with van der Waals surface area (Å²) in [5, 5.41) is 41.2. The van der Waals surface area contributed by atoms with Gasteiger partial charge in [-0.15, -0.1) is 0 Å². The molecule has 0 aromatic heterocycles. The third kappa shape index (κ3) is 3.35. The number of aliphatic hydroxyl groups is 4. The maximum absolute atomic E-state index is 9.75. The summed E-state index contributed by atoms with van der Waals surface area (Å²) < 4.78 is 5.12. The van der Waals surface area contributed by atoms with Crippen LogP contribution in [0.2, 0.25) is 0 Å². The molecule has 0 amide bonds. The molecule has 6 heteroatoms. The Kier molecular flexibility index (Phi) is 5.09. The number of aliphatic hydroxyl groups excluding tert-OH is 3. The molecule has 2 rings (SSSR count). The zero-order valence-corrected chi connectivity index (χ0v) is 11.1. The Morgan fingerprint density at radius 3 is 2.50 bits per heavy atom. The lowest BCUT2D eigenvalue weighted by Crippen LogP contribution is -2.46. The molecule has 4 atom stereocenters. The van der Waals surface area contributed by atoms with Crippen molar-refractivity contribution in [3.05, 3.63) is 35.9 Å². The molecule has 0 unspecified atom stereocenters. The van der Waals surface area contributed by atoms with Gasteiger partial charge in [0.15, 0.2) is 0 Å². The molecule has 0 aliphatic carbocycles. The van der Waals surface area contributed by atoms with Gasteiger partial charge in [-0.05, 0) is 18.5 Å². The second-order valence-corrected chi connectivity index (χ2v) is 5.03. The van der Waals surface area contributed by atoms with Crippen LogP contribution < -0.4 is 5.32 Å². The molecule has 5 N–H and O–H groups in total. The predicted octanol–water partition coefficient (Wildman–Crippen LogP) is -1.38. The van der Waals surface area contributed by atoms with Crippen molar-refractivity contribution < 1.29 is 25.2 Å². The van der Waals surface area contributed by atoms with Gasteiger partial charge in [0, 0.05) is 6.54 Å². The Morgan fingerprint density at radius 2 is 1.90 bits per heavy atom. The van der Waals surface area contributed by atoms with E-state index in [2.05, 4.69) is 5.32 Å². The number of benzene rings is 1. The van der Waals surface area contributed by atoms with Gasteiger partial charge in [0.25, 0.3) is 0 Å². The normalized spacial score (nSPS) is 33.5. The van der Waals surface area contributed by atoms with Crippen LogP contribution in [-0.2, 0) is 11.2 Å². The molecule has 0 bridgehead atoms. The molecule has 0 saturated carbocycles. The third-order valence-electron chi connectivity index (χ3n) is 3.53. The molecule has 1 aliphatic heterocycles. The lowest BCUT2D eigenvalue weighted by Gasteiger charge is -2.22. The largest absolute Gasteiger partial charge is 0.391 e. The maximum atomic E-state index is 9.75. The highest BCUT2D eigenvalue weighted by atomic mass is 16.7. The first-order valence-electron chi connectivity index (χ1n) is 6.68. The first kappa shape index (κ1) is 15.4. The van der Waals surface area contributed by atoms with E-state index in [1.54, 1.807) is 0 Å². The quantitative estimate of drug-likeness (QED) is 0.412. The van der Waals surface area contributed by atoms with E-state index in [4.69, 9.17) is 9.84 Å². The molecule has 1 aromatic carbocycles. The average molecular weight is 283 g/mol. The molecule has 20 heavy (non-hydrogen) atoms. The van der Waals surface area contributed by atoms with Crippen molar-refractivity contribution >= 4 is 0 Å². The van der Waals surface area contributed by atoms with E-state index in [0.717, 1.165) is 6.42 Å². The minimum Gasteiger partial charge on any atom is -0.391 e. The van der Waals surface area contributed by atoms with Gasteiger partial charge in [-0.1, -0.05) is 30.3 Å². The van der Waals surface area contributed by atoms with Crippen LogP contribution in [0.5, 0.6) is 0 Å². The van der Waals surface area contributed by atoms with Crippen LogP contribution in [0.4, 0.5) is 0 Å². The van der Waals surface area contributed by atoms with Crippen molar-refractivity contribution in [3.8, 4) is 0 Å². The summed E-state index contributed by atoms with van der Waals surface area (Å²) in [5.41, 5.74) is 1.19. The van der Waals surface area contributed by atoms with Crippen molar-refractivity contribution in [1.29, 1.82) is 0 Å². The van der Waals surface area contributed by atoms with Crippen LogP contribution in [0.3, 0.4) is 0 Å². The zero-order chi connectivity index (χ0) is 14.6. The molecular formula is C14H21NO5. The Morgan fingerprint density at radius 1 is 1.20 bits per heavy atom. The average Bonchev–Trinajstić information content (AvgIpc) is 2.70. The summed E-state index contributed by atoms with van der Waals surface area (Å²) in [6.07, 6.45) is -2.65. The molecule has 0 spiro atoms. The van der Waals surface area contributed by atoms with E-state index in [-0.39, 0.29) is 6.54 Å². The van der Waals surface area contributed by atoms with Gasteiger partial charge in [-0.2, -0.15) is 0 Å². The molecular weight excluding hydrogens is 262 g/mol. The van der Waals surface area contributed by atoms with Gasteiger partial charge in [0.1, 0.15) is 18.3 Å². The number of rotatable bonds is 6. The Balaban J connectivity index is 1.75. The fraction of sp³-hybridized carbons (Fsp3) is 0.571. The molecule has 1 saturated heterocycles. The van der Waals surface area contributed by atoms with Gasteiger partial charge in [0.05, 0.1) is 6.61 Å². The maximum Gasteiger partial charge on any atom is 0.219 e. The standard InChI is InChI=1S/C14H21NO5/c16-9-14(19)13(18)12(17)11(20-14)8-15-7-6-10-4-2-1-3-5-10/h1-5,11-13,15-19H,6-9H2/t11-,12+,13-,14+/m1/s1. The van der Waals surface area contributed by atoms with Crippen LogP contribution in [-0.4, -0.2) is 64.2 Å². The Labute approximate surface area is 117 Å². The molecule has 1 aromatic rings. The zero-order valence-electron chi connectivity index (χ0n) is 11.1. The van der Waals surface area contributed by atoms with Gasteiger partial charge in [0.2, 0.25) is 5.79 Å². The minimum atomic E-state index is -2.08. The predicted molar refractivity (Wildman–Crippen MR) is 71.9 cm³/mol. The van der Waals surface area contributed by atoms with E-state index in [0.29, 0.717) is 6.54 Å². The van der Waals surface area contributed by atoms with Crippen LogP contribution in [0.1, 0.15) is 5.56 Å². The molecule has 1 heterocycles. The Bertz CT molecular complexity index is 415. The van der Waals surface area contributed by atoms with Crippen LogP contribution in [0, 0.1) is 0 Å². The van der Waals surface area contributed by atoms with Crippen molar-refractivity contribution in [2.24, 2.45) is 0 Å². The van der Waals surface area contributed by atoms with Crippen molar-refractivity contribution in [2.75, 3.05) is 19.7 Å². The SMILES string of the molecule is OC[C@]1(O)O[C@H](CNCCc2ccccc2)[C@H](O)[C@H]1O. The molecule has 112 valence electrons. The third-order valence-corrected chi connectivity index (χ3v) is 3.53. The smallest absolute Gasteiger partial charge is 0.219 e. The number of nitrogens with one attached hydrogen (secondary N) is 1. The fourth-order valence-electron chi connectivity index (χ4n) is 2.29. The van der Waals surface area contributed by atoms with Crippen LogP contribution >= 0.6 is 0 Å². The van der Waals surface area contributed by atoms with E-state index < -0.39 is 30.7 Å². The van der Waals surface area contributed by atoms with Gasteiger partial charge in [-0.25, -0.2) is 0 Å². The number of hydrogen-bond acceptors (Lipinski definition) is 6. The van der Waals surface area contributed by atoms with Crippen molar-refractivity contribution in [1.82, 2.24) is 5.32 Å². The summed E-state index contributed by atoms with van der Waals surface area (Å²) in [6, 6.07) is 9.94. The lowest BCUT2D eigenvalue weighted by molar-refractivity contribution is -0.245. The lowest BCUT2D eigenvalue weighted by atomic mass is 10.1. The van der Waals surface area contributed by atoms with Gasteiger partial charge >= 0.3 is 0 Å². The first-order chi connectivity index (χ1) is 9.57. The van der Waals surface area contributed by atoms with Crippen molar-refractivity contribution in [2.45, 2.75) is 30.5 Å². The minimum absolute atomic E-state index is 0.285.